The van der Waals surface area contributed by atoms with E-state index in [1.165, 1.54) is 11.0 Å². The summed E-state index contributed by atoms with van der Waals surface area (Å²) in [5.74, 6) is -0.569. The van der Waals surface area contributed by atoms with Gasteiger partial charge in [-0.1, -0.05) is 26.3 Å². The standard InChI is InChI=1S/C23H37N3O5/c1-7-9-12-24-21(29)20(17-10-11-18(27)16(3)14-17)26(13-8-2)19(28)15-25-22(30)31-23(4,5)6/h10-11,14,20,27H,7-9,12-13,15H2,1-6H3,(H,24,29)(H,25,30). The van der Waals surface area contributed by atoms with Crippen LogP contribution in [0.15, 0.2) is 18.2 Å². The first kappa shape index (κ1) is 26.3. The molecule has 0 radical (unpaired) electrons. The molecule has 0 fully saturated rings. The number of aromatic hydroxyl groups is 1. The van der Waals surface area contributed by atoms with Crippen LogP contribution in [0.1, 0.15) is 71.0 Å². The Morgan fingerprint density at radius 3 is 2.35 bits per heavy atom. The number of unbranched alkanes of at least 4 members (excludes halogenated alkanes) is 1. The van der Waals surface area contributed by atoms with E-state index in [0.29, 0.717) is 30.6 Å². The van der Waals surface area contributed by atoms with E-state index in [9.17, 15) is 19.5 Å². The number of hydrogen-bond donors (Lipinski definition) is 3. The Morgan fingerprint density at radius 1 is 1.13 bits per heavy atom. The van der Waals surface area contributed by atoms with Crippen LogP contribution >= 0.6 is 0 Å². The zero-order valence-corrected chi connectivity index (χ0v) is 19.6. The topological polar surface area (TPSA) is 108 Å². The van der Waals surface area contributed by atoms with Crippen molar-refractivity contribution in [3.05, 3.63) is 29.3 Å². The summed E-state index contributed by atoms with van der Waals surface area (Å²) in [7, 11) is 0. The summed E-state index contributed by atoms with van der Waals surface area (Å²) in [5, 5.41) is 15.3. The third-order valence-electron chi connectivity index (χ3n) is 4.49. The molecule has 0 aliphatic rings. The number of amides is 3. The summed E-state index contributed by atoms with van der Waals surface area (Å²) in [6.07, 6.45) is 1.70. The Hall–Kier alpha value is -2.77. The fourth-order valence-electron chi connectivity index (χ4n) is 3.01. The van der Waals surface area contributed by atoms with Crippen molar-refractivity contribution < 1.29 is 24.2 Å². The minimum absolute atomic E-state index is 0.119. The first-order valence-electron chi connectivity index (χ1n) is 10.8. The molecule has 0 bridgehead atoms. The van der Waals surface area contributed by atoms with E-state index < -0.39 is 23.6 Å². The molecule has 8 heteroatoms. The van der Waals surface area contributed by atoms with Crippen molar-refractivity contribution in [2.75, 3.05) is 19.6 Å². The van der Waals surface area contributed by atoms with Crippen LogP contribution in [0, 0.1) is 6.92 Å². The lowest BCUT2D eigenvalue weighted by Crippen LogP contribution is -2.48. The number of hydrogen-bond acceptors (Lipinski definition) is 5. The summed E-state index contributed by atoms with van der Waals surface area (Å²) < 4.78 is 5.19. The maximum absolute atomic E-state index is 13.1. The van der Waals surface area contributed by atoms with E-state index in [0.717, 1.165) is 12.8 Å². The highest BCUT2D eigenvalue weighted by molar-refractivity contribution is 5.90. The fraction of sp³-hybridized carbons (Fsp3) is 0.609. The summed E-state index contributed by atoms with van der Waals surface area (Å²) in [4.78, 5) is 39.5. The van der Waals surface area contributed by atoms with Crippen LogP contribution in [0.3, 0.4) is 0 Å². The van der Waals surface area contributed by atoms with E-state index in [2.05, 4.69) is 10.6 Å². The average molecular weight is 436 g/mol. The molecule has 1 atom stereocenters. The second kappa shape index (κ2) is 12.2. The van der Waals surface area contributed by atoms with Gasteiger partial charge in [0.05, 0.1) is 0 Å². The van der Waals surface area contributed by atoms with Gasteiger partial charge in [-0.15, -0.1) is 0 Å². The van der Waals surface area contributed by atoms with Crippen molar-refractivity contribution in [3.63, 3.8) is 0 Å². The monoisotopic (exact) mass is 435 g/mol. The molecule has 3 N–H and O–H groups in total. The third-order valence-corrected chi connectivity index (χ3v) is 4.49. The SMILES string of the molecule is CCCCNC(=O)C(c1ccc(O)c(C)c1)N(CCC)C(=O)CNC(=O)OC(C)(C)C. The van der Waals surface area contributed by atoms with Gasteiger partial charge < -0.3 is 25.4 Å². The first-order chi connectivity index (χ1) is 14.5. The number of nitrogens with zero attached hydrogens (tertiary/aromatic N) is 1. The summed E-state index contributed by atoms with van der Waals surface area (Å²) in [6.45, 7) is 11.4. The number of nitrogens with one attached hydrogen (secondary N) is 2. The number of carbonyl (C=O) groups is 3. The quantitative estimate of drug-likeness (QED) is 0.488. The minimum atomic E-state index is -0.871. The molecule has 3 amide bonds. The lowest BCUT2D eigenvalue weighted by atomic mass is 10.0. The molecule has 31 heavy (non-hydrogen) atoms. The summed E-state index contributed by atoms with van der Waals surface area (Å²) in [5.41, 5.74) is 0.532. The van der Waals surface area contributed by atoms with Crippen LogP contribution < -0.4 is 10.6 Å². The molecular weight excluding hydrogens is 398 g/mol. The maximum Gasteiger partial charge on any atom is 0.408 e. The van der Waals surface area contributed by atoms with E-state index in [1.807, 2.05) is 13.8 Å². The van der Waals surface area contributed by atoms with Gasteiger partial charge in [0.2, 0.25) is 11.8 Å². The lowest BCUT2D eigenvalue weighted by Gasteiger charge is -2.31. The largest absolute Gasteiger partial charge is 0.508 e. The van der Waals surface area contributed by atoms with Crippen LogP contribution in [-0.2, 0) is 14.3 Å². The number of ether oxygens (including phenoxy) is 1. The molecule has 0 saturated carbocycles. The highest BCUT2D eigenvalue weighted by Gasteiger charge is 2.31. The highest BCUT2D eigenvalue weighted by atomic mass is 16.6. The molecule has 0 heterocycles. The molecule has 1 aromatic carbocycles. The summed E-state index contributed by atoms with van der Waals surface area (Å²) >= 11 is 0. The van der Waals surface area contributed by atoms with Crippen molar-refractivity contribution in [2.24, 2.45) is 0 Å². The second-order valence-electron chi connectivity index (χ2n) is 8.54. The van der Waals surface area contributed by atoms with E-state index in [1.54, 1.807) is 39.8 Å². The zero-order chi connectivity index (χ0) is 23.6. The van der Waals surface area contributed by atoms with Gasteiger partial charge in [0.1, 0.15) is 23.9 Å². The molecule has 0 saturated heterocycles. The predicted octanol–water partition coefficient (Wildman–Crippen LogP) is 3.42. The normalized spacial score (nSPS) is 12.1. The van der Waals surface area contributed by atoms with Crippen LogP contribution in [0.2, 0.25) is 0 Å². The Bertz CT molecular complexity index is 758. The minimum Gasteiger partial charge on any atom is -0.508 e. The molecule has 174 valence electrons. The zero-order valence-electron chi connectivity index (χ0n) is 19.6. The van der Waals surface area contributed by atoms with Crippen molar-refractivity contribution in [1.82, 2.24) is 15.5 Å². The number of rotatable bonds is 10. The number of alkyl carbamates (subject to hydrolysis) is 1. The Morgan fingerprint density at radius 2 is 1.81 bits per heavy atom. The van der Waals surface area contributed by atoms with Gasteiger partial charge in [0, 0.05) is 13.1 Å². The van der Waals surface area contributed by atoms with Crippen molar-refractivity contribution in [1.29, 1.82) is 0 Å². The van der Waals surface area contributed by atoms with Gasteiger partial charge in [-0.3, -0.25) is 9.59 Å². The van der Waals surface area contributed by atoms with Crippen LogP contribution in [0.25, 0.3) is 0 Å². The molecule has 1 rings (SSSR count). The lowest BCUT2D eigenvalue weighted by molar-refractivity contribution is -0.140. The van der Waals surface area contributed by atoms with E-state index >= 15 is 0 Å². The Labute approximate surface area is 185 Å². The molecular formula is C23H37N3O5. The molecule has 0 aromatic heterocycles. The highest BCUT2D eigenvalue weighted by Crippen LogP contribution is 2.26. The predicted molar refractivity (Wildman–Crippen MR) is 120 cm³/mol. The second-order valence-corrected chi connectivity index (χ2v) is 8.54. The number of phenols is 1. The number of carbonyl (C=O) groups excluding carboxylic acids is 3. The summed E-state index contributed by atoms with van der Waals surface area (Å²) in [6, 6.07) is 3.99. The van der Waals surface area contributed by atoms with Gasteiger partial charge in [0.15, 0.2) is 0 Å². The van der Waals surface area contributed by atoms with Gasteiger partial charge in [-0.05, 0) is 63.8 Å². The first-order valence-corrected chi connectivity index (χ1v) is 10.8. The van der Waals surface area contributed by atoms with E-state index in [4.69, 9.17) is 4.74 Å². The van der Waals surface area contributed by atoms with Gasteiger partial charge in [-0.2, -0.15) is 0 Å². The molecule has 1 unspecified atom stereocenters. The van der Waals surface area contributed by atoms with Crippen molar-refractivity contribution in [3.8, 4) is 5.75 Å². The molecule has 0 aliphatic carbocycles. The number of benzene rings is 1. The van der Waals surface area contributed by atoms with Crippen LogP contribution in [0.4, 0.5) is 4.79 Å². The number of aryl methyl sites for hydroxylation is 1. The Kier molecular flexibility index (Phi) is 10.3. The number of phenolic OH excluding ortho intramolecular Hbond substituents is 1. The molecule has 0 aliphatic heterocycles. The fourth-order valence-corrected chi connectivity index (χ4v) is 3.01. The van der Waals surface area contributed by atoms with Gasteiger partial charge in [0.25, 0.3) is 0 Å². The van der Waals surface area contributed by atoms with Crippen LogP contribution in [-0.4, -0.2) is 53.1 Å². The van der Waals surface area contributed by atoms with Gasteiger partial charge >= 0.3 is 6.09 Å². The average Bonchev–Trinajstić information content (AvgIpc) is 2.67. The molecule has 1 aromatic rings. The van der Waals surface area contributed by atoms with Crippen molar-refractivity contribution >= 4 is 17.9 Å². The third kappa shape index (κ3) is 8.86. The van der Waals surface area contributed by atoms with E-state index in [-0.39, 0.29) is 18.2 Å². The molecule has 0 spiro atoms. The smallest absolute Gasteiger partial charge is 0.408 e. The van der Waals surface area contributed by atoms with Crippen molar-refractivity contribution in [2.45, 2.75) is 72.4 Å². The maximum atomic E-state index is 13.1. The Balaban J connectivity index is 3.13. The van der Waals surface area contributed by atoms with Crippen LogP contribution in [0.5, 0.6) is 5.75 Å². The molecule has 8 nitrogen and oxygen atoms in total. The van der Waals surface area contributed by atoms with Gasteiger partial charge in [-0.25, -0.2) is 4.79 Å².